The fourth-order valence-electron chi connectivity index (χ4n) is 2.91. The molecule has 0 spiro atoms. The van der Waals surface area contributed by atoms with Crippen LogP contribution in [0.4, 0.5) is 0 Å². The second-order valence-corrected chi connectivity index (χ2v) is 6.64. The number of para-hydroxylation sites is 1. The first-order valence-electron chi connectivity index (χ1n) is 8.40. The van der Waals surface area contributed by atoms with E-state index in [0.717, 1.165) is 32.5 Å². The van der Waals surface area contributed by atoms with Crippen LogP contribution in [0.1, 0.15) is 30.1 Å². The Bertz CT molecular complexity index is 509. The second kappa shape index (κ2) is 8.31. The van der Waals surface area contributed by atoms with Crippen LogP contribution in [0.15, 0.2) is 24.3 Å². The molecule has 1 heterocycles. The quantitative estimate of drug-likeness (QED) is 0.869. The molecule has 23 heavy (non-hydrogen) atoms. The van der Waals surface area contributed by atoms with Gasteiger partial charge >= 0.3 is 0 Å². The van der Waals surface area contributed by atoms with E-state index in [0.29, 0.717) is 23.8 Å². The van der Waals surface area contributed by atoms with Crippen molar-refractivity contribution in [1.29, 1.82) is 0 Å². The van der Waals surface area contributed by atoms with E-state index in [1.165, 1.54) is 0 Å². The average molecular weight is 319 g/mol. The number of nitrogens with two attached hydrogens (primary N) is 1. The van der Waals surface area contributed by atoms with Crippen molar-refractivity contribution in [3.05, 3.63) is 29.8 Å². The molecule has 1 unspecified atom stereocenters. The third-order valence-electron chi connectivity index (χ3n) is 4.48. The zero-order valence-corrected chi connectivity index (χ0v) is 14.5. The minimum atomic E-state index is 0.0635. The Morgan fingerprint density at radius 1 is 1.35 bits per heavy atom. The van der Waals surface area contributed by atoms with Crippen molar-refractivity contribution in [3.8, 4) is 5.75 Å². The Balaban J connectivity index is 1.99. The summed E-state index contributed by atoms with van der Waals surface area (Å²) in [4.78, 5) is 16.8. The molecule has 1 saturated heterocycles. The number of likely N-dealkylation sites (N-methyl/N-ethyl adjacent to an activating group) is 1. The van der Waals surface area contributed by atoms with E-state index in [-0.39, 0.29) is 11.9 Å². The number of carbonyl (C=O) groups is 1. The number of amides is 1. The number of piperidine rings is 1. The van der Waals surface area contributed by atoms with Gasteiger partial charge in [0.15, 0.2) is 0 Å². The third kappa shape index (κ3) is 4.94. The molecule has 1 aromatic carbocycles. The summed E-state index contributed by atoms with van der Waals surface area (Å²) >= 11 is 0. The van der Waals surface area contributed by atoms with Crippen LogP contribution >= 0.6 is 0 Å². The number of benzene rings is 1. The summed E-state index contributed by atoms with van der Waals surface area (Å²) in [6, 6.07) is 7.72. The standard InChI is InChI=1S/C18H29N3O2/c1-14(19)15-8-10-21(11-9-15)18(22)16-6-4-5-7-17(16)23-13-12-20(2)3/h4-7,14-15H,8-13,19H2,1-3H3. The Kier molecular flexibility index (Phi) is 6.42. The number of hydrogen-bond donors (Lipinski definition) is 1. The third-order valence-corrected chi connectivity index (χ3v) is 4.48. The maximum Gasteiger partial charge on any atom is 0.257 e. The van der Waals surface area contributed by atoms with E-state index in [4.69, 9.17) is 10.5 Å². The molecule has 1 aliphatic heterocycles. The van der Waals surface area contributed by atoms with E-state index in [1.54, 1.807) is 0 Å². The Morgan fingerprint density at radius 2 is 2.00 bits per heavy atom. The van der Waals surface area contributed by atoms with E-state index in [1.807, 2.05) is 43.3 Å². The summed E-state index contributed by atoms with van der Waals surface area (Å²) in [6.45, 7) is 5.00. The molecular formula is C18H29N3O2. The number of likely N-dealkylation sites (tertiary alicyclic amines) is 1. The topological polar surface area (TPSA) is 58.8 Å². The molecule has 5 heteroatoms. The van der Waals surface area contributed by atoms with Crippen molar-refractivity contribution in [2.75, 3.05) is 40.3 Å². The minimum absolute atomic E-state index is 0.0635. The largest absolute Gasteiger partial charge is 0.491 e. The van der Waals surface area contributed by atoms with E-state index >= 15 is 0 Å². The Hall–Kier alpha value is -1.59. The molecule has 1 aromatic rings. The number of hydrogen-bond acceptors (Lipinski definition) is 4. The normalized spacial score (nSPS) is 17.3. The van der Waals surface area contributed by atoms with Crippen molar-refractivity contribution >= 4 is 5.91 Å². The van der Waals surface area contributed by atoms with Gasteiger partial charge in [-0.25, -0.2) is 0 Å². The van der Waals surface area contributed by atoms with Crippen LogP contribution in [0.2, 0.25) is 0 Å². The second-order valence-electron chi connectivity index (χ2n) is 6.64. The van der Waals surface area contributed by atoms with E-state index < -0.39 is 0 Å². The molecule has 0 aliphatic carbocycles. The highest BCUT2D eigenvalue weighted by molar-refractivity contribution is 5.97. The molecule has 0 aromatic heterocycles. The number of ether oxygens (including phenoxy) is 1. The van der Waals surface area contributed by atoms with Gasteiger partial charge in [0.1, 0.15) is 12.4 Å². The van der Waals surface area contributed by atoms with Crippen LogP contribution in [0.5, 0.6) is 5.75 Å². The van der Waals surface area contributed by atoms with Gasteiger partial charge in [-0.1, -0.05) is 12.1 Å². The molecule has 128 valence electrons. The van der Waals surface area contributed by atoms with Gasteiger partial charge in [0.05, 0.1) is 5.56 Å². The highest BCUT2D eigenvalue weighted by Gasteiger charge is 2.26. The summed E-state index contributed by atoms with van der Waals surface area (Å²) in [5.41, 5.74) is 6.63. The fraction of sp³-hybridized carbons (Fsp3) is 0.611. The summed E-state index contributed by atoms with van der Waals surface area (Å²) in [5, 5.41) is 0. The molecule has 0 radical (unpaired) electrons. The minimum Gasteiger partial charge on any atom is -0.491 e. The molecular weight excluding hydrogens is 290 g/mol. The van der Waals surface area contributed by atoms with Gasteiger partial charge in [-0.3, -0.25) is 4.79 Å². The number of carbonyl (C=O) groups excluding carboxylic acids is 1. The smallest absolute Gasteiger partial charge is 0.257 e. The molecule has 2 N–H and O–H groups in total. The number of nitrogens with zero attached hydrogens (tertiary/aromatic N) is 2. The molecule has 1 atom stereocenters. The van der Waals surface area contributed by atoms with Crippen molar-refractivity contribution < 1.29 is 9.53 Å². The SMILES string of the molecule is CC(N)C1CCN(C(=O)c2ccccc2OCCN(C)C)CC1. The summed E-state index contributed by atoms with van der Waals surface area (Å²) in [6.07, 6.45) is 1.96. The molecule has 0 bridgehead atoms. The van der Waals surface area contributed by atoms with Gasteiger partial charge in [-0.2, -0.15) is 0 Å². The van der Waals surface area contributed by atoms with Gasteiger partial charge in [0.2, 0.25) is 0 Å². The maximum absolute atomic E-state index is 12.8. The molecule has 0 saturated carbocycles. The predicted octanol–water partition coefficient (Wildman–Crippen LogP) is 1.83. The monoisotopic (exact) mass is 319 g/mol. The van der Waals surface area contributed by atoms with Crippen LogP contribution in [0.25, 0.3) is 0 Å². The Morgan fingerprint density at radius 3 is 2.61 bits per heavy atom. The van der Waals surface area contributed by atoms with Gasteiger partial charge in [-0.05, 0) is 51.9 Å². The van der Waals surface area contributed by atoms with Crippen molar-refractivity contribution in [1.82, 2.24) is 9.80 Å². The lowest BCUT2D eigenvalue weighted by atomic mass is 9.90. The van der Waals surface area contributed by atoms with Gasteiger partial charge < -0.3 is 20.3 Å². The van der Waals surface area contributed by atoms with E-state index in [2.05, 4.69) is 11.8 Å². The lowest BCUT2D eigenvalue weighted by molar-refractivity contribution is 0.0676. The van der Waals surface area contributed by atoms with Crippen LogP contribution < -0.4 is 10.5 Å². The molecule has 2 rings (SSSR count). The van der Waals surface area contributed by atoms with Crippen LogP contribution in [-0.2, 0) is 0 Å². The zero-order valence-electron chi connectivity index (χ0n) is 14.5. The summed E-state index contributed by atoms with van der Waals surface area (Å²) < 4.78 is 5.81. The van der Waals surface area contributed by atoms with Gasteiger partial charge in [0.25, 0.3) is 5.91 Å². The molecule has 1 amide bonds. The first-order chi connectivity index (χ1) is 11.0. The number of rotatable bonds is 6. The molecule has 1 aliphatic rings. The first kappa shape index (κ1) is 17.8. The van der Waals surface area contributed by atoms with Crippen molar-refractivity contribution in [3.63, 3.8) is 0 Å². The van der Waals surface area contributed by atoms with Crippen LogP contribution in [0, 0.1) is 5.92 Å². The highest BCUT2D eigenvalue weighted by Crippen LogP contribution is 2.24. The van der Waals surface area contributed by atoms with Crippen molar-refractivity contribution in [2.24, 2.45) is 11.7 Å². The molecule has 1 fully saturated rings. The van der Waals surface area contributed by atoms with E-state index in [9.17, 15) is 4.79 Å². The lowest BCUT2D eigenvalue weighted by Gasteiger charge is -2.34. The predicted molar refractivity (Wildman–Crippen MR) is 92.8 cm³/mol. The van der Waals surface area contributed by atoms with Crippen LogP contribution in [-0.4, -0.2) is 62.1 Å². The zero-order chi connectivity index (χ0) is 16.8. The maximum atomic E-state index is 12.8. The average Bonchev–Trinajstić information content (AvgIpc) is 2.54. The molecule has 5 nitrogen and oxygen atoms in total. The first-order valence-corrected chi connectivity index (χ1v) is 8.40. The fourth-order valence-corrected chi connectivity index (χ4v) is 2.91. The lowest BCUT2D eigenvalue weighted by Crippen LogP contribution is -2.42. The summed E-state index contributed by atoms with van der Waals surface area (Å²) in [5.74, 6) is 1.26. The Labute approximate surface area is 139 Å². The van der Waals surface area contributed by atoms with Gasteiger partial charge in [-0.15, -0.1) is 0 Å². The van der Waals surface area contributed by atoms with Crippen LogP contribution in [0.3, 0.4) is 0 Å². The van der Waals surface area contributed by atoms with Gasteiger partial charge in [0, 0.05) is 25.7 Å². The van der Waals surface area contributed by atoms with Crippen molar-refractivity contribution in [2.45, 2.75) is 25.8 Å². The highest BCUT2D eigenvalue weighted by atomic mass is 16.5. The summed E-state index contributed by atoms with van der Waals surface area (Å²) in [7, 11) is 4.01.